The summed E-state index contributed by atoms with van der Waals surface area (Å²) in [5.41, 5.74) is 1.52. The number of rotatable bonds is 5. The molecule has 1 amide bonds. The number of carbonyl (C=O) groups is 1. The molecule has 6 nitrogen and oxygen atoms in total. The molecule has 0 spiro atoms. The molecule has 0 radical (unpaired) electrons. The molecular weight excluding hydrogens is 419 g/mol. The van der Waals surface area contributed by atoms with Gasteiger partial charge in [0.1, 0.15) is 5.82 Å². The van der Waals surface area contributed by atoms with Gasteiger partial charge in [-0.05, 0) is 68.3 Å². The number of benzene rings is 2. The molecule has 2 heterocycles. The Morgan fingerprint density at radius 3 is 2.19 bits per heavy atom. The van der Waals surface area contributed by atoms with Crippen molar-refractivity contribution in [2.45, 2.75) is 25.9 Å². The molecule has 0 aliphatic carbocycles. The number of alkyl halides is 3. The van der Waals surface area contributed by atoms with Crippen molar-refractivity contribution in [1.29, 1.82) is 0 Å². The zero-order valence-electron chi connectivity index (χ0n) is 17.4. The number of halogens is 3. The third-order valence-corrected chi connectivity index (χ3v) is 5.12. The zero-order chi connectivity index (χ0) is 22.7. The maximum absolute atomic E-state index is 12.7. The normalized spacial score (nSPS) is 13.8. The Hall–Kier alpha value is -3.62. The molecule has 0 bridgehead atoms. The molecule has 166 valence electrons. The van der Waals surface area contributed by atoms with Crippen LogP contribution in [0.1, 0.15) is 34.5 Å². The van der Waals surface area contributed by atoms with Gasteiger partial charge in [0.05, 0.1) is 5.56 Å². The molecule has 1 saturated heterocycles. The fourth-order valence-corrected chi connectivity index (χ4v) is 3.47. The second-order valence-corrected chi connectivity index (χ2v) is 7.62. The van der Waals surface area contributed by atoms with E-state index in [9.17, 15) is 18.0 Å². The number of nitrogens with zero attached hydrogens (tertiary/aromatic N) is 3. The number of nitrogens with one attached hydrogen (secondary N) is 2. The van der Waals surface area contributed by atoms with Crippen LogP contribution in [-0.4, -0.2) is 29.0 Å². The van der Waals surface area contributed by atoms with Gasteiger partial charge in [0, 0.05) is 41.8 Å². The van der Waals surface area contributed by atoms with E-state index >= 15 is 0 Å². The summed E-state index contributed by atoms with van der Waals surface area (Å²) in [6.07, 6.45) is -2.16. The minimum absolute atomic E-state index is 0.145. The van der Waals surface area contributed by atoms with E-state index in [1.807, 2.05) is 13.0 Å². The monoisotopic (exact) mass is 441 g/mol. The summed E-state index contributed by atoms with van der Waals surface area (Å²) in [7, 11) is 0. The fourth-order valence-electron chi connectivity index (χ4n) is 3.47. The molecule has 2 N–H and O–H groups in total. The van der Waals surface area contributed by atoms with E-state index in [1.54, 1.807) is 24.3 Å². The Bertz CT molecular complexity index is 1090. The third kappa shape index (κ3) is 5.16. The van der Waals surface area contributed by atoms with Crippen molar-refractivity contribution >= 4 is 29.0 Å². The van der Waals surface area contributed by atoms with Crippen molar-refractivity contribution < 1.29 is 18.0 Å². The Labute approximate surface area is 183 Å². The average molecular weight is 441 g/mol. The minimum Gasteiger partial charge on any atom is -0.341 e. The molecule has 4 rings (SSSR count). The summed E-state index contributed by atoms with van der Waals surface area (Å²) in [4.78, 5) is 23.6. The number of hydrogen-bond acceptors (Lipinski definition) is 5. The number of aromatic nitrogens is 2. The van der Waals surface area contributed by atoms with E-state index in [0.717, 1.165) is 61.6 Å². The van der Waals surface area contributed by atoms with Gasteiger partial charge in [0.2, 0.25) is 5.95 Å². The molecule has 32 heavy (non-hydrogen) atoms. The van der Waals surface area contributed by atoms with Crippen molar-refractivity contribution in [3.63, 3.8) is 0 Å². The lowest BCUT2D eigenvalue weighted by atomic mass is 10.1. The van der Waals surface area contributed by atoms with Gasteiger partial charge in [0.15, 0.2) is 0 Å². The lowest BCUT2D eigenvalue weighted by Crippen LogP contribution is -2.21. The van der Waals surface area contributed by atoms with Crippen LogP contribution in [-0.2, 0) is 6.18 Å². The van der Waals surface area contributed by atoms with Gasteiger partial charge in [-0.15, -0.1) is 0 Å². The van der Waals surface area contributed by atoms with E-state index in [-0.39, 0.29) is 5.56 Å². The highest BCUT2D eigenvalue weighted by molar-refractivity contribution is 6.04. The predicted octanol–water partition coefficient (Wildman–Crippen LogP) is 5.40. The Balaban J connectivity index is 1.41. The quantitative estimate of drug-likeness (QED) is 0.555. The Morgan fingerprint density at radius 2 is 1.56 bits per heavy atom. The predicted molar refractivity (Wildman–Crippen MR) is 117 cm³/mol. The summed E-state index contributed by atoms with van der Waals surface area (Å²) in [6.45, 7) is 3.83. The van der Waals surface area contributed by atoms with Gasteiger partial charge >= 0.3 is 6.18 Å². The summed E-state index contributed by atoms with van der Waals surface area (Å²) in [6, 6.07) is 12.9. The van der Waals surface area contributed by atoms with Crippen LogP contribution >= 0.6 is 0 Å². The fraction of sp³-hybridized carbons (Fsp3) is 0.261. The number of hydrogen-bond donors (Lipinski definition) is 2. The zero-order valence-corrected chi connectivity index (χ0v) is 17.4. The smallest absolute Gasteiger partial charge is 0.341 e. The van der Waals surface area contributed by atoms with Crippen LogP contribution in [0, 0.1) is 6.92 Å². The minimum atomic E-state index is -4.44. The lowest BCUT2D eigenvalue weighted by Gasteiger charge is -2.17. The number of anilines is 4. The summed E-state index contributed by atoms with van der Waals surface area (Å²) < 4.78 is 38.0. The molecule has 1 fully saturated rings. The lowest BCUT2D eigenvalue weighted by molar-refractivity contribution is -0.137. The van der Waals surface area contributed by atoms with Crippen molar-refractivity contribution in [3.8, 4) is 0 Å². The van der Waals surface area contributed by atoms with Crippen molar-refractivity contribution in [1.82, 2.24) is 9.97 Å². The summed E-state index contributed by atoms with van der Waals surface area (Å²) >= 11 is 0. The van der Waals surface area contributed by atoms with E-state index in [4.69, 9.17) is 0 Å². The van der Waals surface area contributed by atoms with Crippen LogP contribution in [0.15, 0.2) is 54.6 Å². The number of carbonyl (C=O) groups excluding carboxylic acids is 1. The first-order valence-electron chi connectivity index (χ1n) is 10.2. The topological polar surface area (TPSA) is 70.2 Å². The summed E-state index contributed by atoms with van der Waals surface area (Å²) in [5, 5.41) is 5.93. The van der Waals surface area contributed by atoms with Crippen LogP contribution in [0.2, 0.25) is 0 Å². The SMILES string of the molecule is Cc1cc(Nc2ccc(NC(=O)c3ccc(C(F)(F)F)cc3)cc2)nc(N2CCCC2)n1. The van der Waals surface area contributed by atoms with Crippen LogP contribution in [0.25, 0.3) is 0 Å². The van der Waals surface area contributed by atoms with Crippen molar-refractivity contribution in [2.24, 2.45) is 0 Å². The second-order valence-electron chi connectivity index (χ2n) is 7.62. The van der Waals surface area contributed by atoms with Crippen molar-refractivity contribution in [3.05, 3.63) is 71.4 Å². The molecule has 1 aromatic heterocycles. The van der Waals surface area contributed by atoms with E-state index in [0.29, 0.717) is 17.5 Å². The highest BCUT2D eigenvalue weighted by atomic mass is 19.4. The first kappa shape index (κ1) is 21.6. The molecule has 0 saturated carbocycles. The molecule has 2 aromatic carbocycles. The highest BCUT2D eigenvalue weighted by Crippen LogP contribution is 2.29. The van der Waals surface area contributed by atoms with E-state index in [1.165, 1.54) is 0 Å². The van der Waals surface area contributed by atoms with Crippen LogP contribution in [0.5, 0.6) is 0 Å². The average Bonchev–Trinajstić information content (AvgIpc) is 3.29. The van der Waals surface area contributed by atoms with Crippen LogP contribution in [0.4, 0.5) is 36.3 Å². The molecule has 1 aliphatic heterocycles. The third-order valence-electron chi connectivity index (χ3n) is 5.12. The Morgan fingerprint density at radius 1 is 0.938 bits per heavy atom. The van der Waals surface area contributed by atoms with Crippen LogP contribution < -0.4 is 15.5 Å². The van der Waals surface area contributed by atoms with Gasteiger partial charge in [0.25, 0.3) is 5.91 Å². The summed E-state index contributed by atoms with van der Waals surface area (Å²) in [5.74, 6) is 0.910. The van der Waals surface area contributed by atoms with E-state index < -0.39 is 17.6 Å². The molecule has 0 unspecified atom stereocenters. The molecule has 0 atom stereocenters. The van der Waals surface area contributed by atoms with Gasteiger partial charge in [-0.1, -0.05) is 0 Å². The number of amides is 1. The maximum Gasteiger partial charge on any atom is 0.416 e. The molecular formula is C23H22F3N5O. The maximum atomic E-state index is 12.7. The first-order chi connectivity index (χ1) is 15.3. The van der Waals surface area contributed by atoms with Gasteiger partial charge in [-0.25, -0.2) is 4.98 Å². The first-order valence-corrected chi connectivity index (χ1v) is 10.2. The number of aryl methyl sites for hydroxylation is 1. The van der Waals surface area contributed by atoms with E-state index in [2.05, 4.69) is 25.5 Å². The molecule has 1 aliphatic rings. The largest absolute Gasteiger partial charge is 0.416 e. The standard InChI is InChI=1S/C23H22F3N5O/c1-15-14-20(30-22(27-15)31-12-2-3-13-31)28-18-8-10-19(11-9-18)29-21(32)16-4-6-17(7-5-16)23(24,25)26/h4-11,14H,2-3,12-13H2,1H3,(H,29,32)(H,27,28,30). The molecule has 3 aromatic rings. The van der Waals surface area contributed by atoms with Crippen LogP contribution in [0.3, 0.4) is 0 Å². The van der Waals surface area contributed by atoms with Gasteiger partial charge < -0.3 is 15.5 Å². The second kappa shape index (κ2) is 8.86. The Kier molecular flexibility index (Phi) is 5.98. The van der Waals surface area contributed by atoms with Gasteiger partial charge in [-0.3, -0.25) is 4.79 Å². The highest BCUT2D eigenvalue weighted by Gasteiger charge is 2.30. The van der Waals surface area contributed by atoms with Gasteiger partial charge in [-0.2, -0.15) is 18.2 Å². The van der Waals surface area contributed by atoms with Crippen molar-refractivity contribution in [2.75, 3.05) is 28.6 Å². The molecule has 9 heteroatoms.